The van der Waals surface area contributed by atoms with Crippen molar-refractivity contribution in [1.29, 1.82) is 0 Å². The van der Waals surface area contributed by atoms with Gasteiger partial charge in [0, 0.05) is 18.3 Å². The van der Waals surface area contributed by atoms with Gasteiger partial charge in [0.15, 0.2) is 0 Å². The summed E-state index contributed by atoms with van der Waals surface area (Å²) in [6, 6.07) is 0. The van der Waals surface area contributed by atoms with Gasteiger partial charge in [-0.15, -0.1) is 0 Å². The van der Waals surface area contributed by atoms with Gasteiger partial charge in [-0.1, -0.05) is 0 Å². The number of nitrogens with one attached hydrogen (secondary N) is 3. The largest absolute Gasteiger partial charge is 0.466 e. The van der Waals surface area contributed by atoms with Gasteiger partial charge in [0.2, 0.25) is 11.8 Å². The number of aliphatic hydroxyl groups excluding tert-OH is 1. The van der Waals surface area contributed by atoms with E-state index in [-0.39, 0.29) is 19.6 Å². The number of carbonyl (C=O) groups is 5. The number of hydrogen-bond donors (Lipinski definition) is 4. The second-order valence-corrected chi connectivity index (χ2v) is 9.02. The molecule has 0 heterocycles. The van der Waals surface area contributed by atoms with Crippen LogP contribution in [0, 0.1) is 17.8 Å². The van der Waals surface area contributed by atoms with Crippen LogP contribution in [0.2, 0.25) is 0 Å². The molecule has 0 radical (unpaired) electrons. The lowest BCUT2D eigenvalue weighted by Gasteiger charge is -2.31. The standard InChI is InChI=1S/C21H33N3O9/c1-6-31-17(28)15-14-11(25)8-21(16(14)15,18(29)32-7-2)24-13(27)10-22-12(26)9-23-19(30)33-20(3,4)5/h11,14-16,25H,6-10H2,1-5H3,(H,22,26)(H,23,30)(H,24,27)/t11-,14-,15-,16-,21?/m0/s1. The fraction of sp³-hybridized carbons (Fsp3) is 0.762. The van der Waals surface area contributed by atoms with Crippen LogP contribution in [0.1, 0.15) is 41.0 Å². The number of ether oxygens (including phenoxy) is 3. The van der Waals surface area contributed by atoms with E-state index in [2.05, 4.69) is 16.0 Å². The highest BCUT2D eigenvalue weighted by molar-refractivity contribution is 5.94. The Hall–Kier alpha value is -2.89. The predicted molar refractivity (Wildman–Crippen MR) is 112 cm³/mol. The van der Waals surface area contributed by atoms with Gasteiger partial charge >= 0.3 is 18.0 Å². The van der Waals surface area contributed by atoms with E-state index < -0.39 is 77.9 Å². The van der Waals surface area contributed by atoms with Crippen LogP contribution < -0.4 is 16.0 Å². The Morgan fingerprint density at radius 1 is 0.970 bits per heavy atom. The molecule has 12 nitrogen and oxygen atoms in total. The molecule has 0 bridgehead atoms. The number of carbonyl (C=O) groups excluding carboxylic acids is 5. The van der Waals surface area contributed by atoms with Crippen molar-refractivity contribution in [2.75, 3.05) is 26.3 Å². The Bertz CT molecular complexity index is 794. The maximum absolute atomic E-state index is 12.8. The lowest BCUT2D eigenvalue weighted by atomic mass is 9.89. The first-order valence-electron chi connectivity index (χ1n) is 10.9. The van der Waals surface area contributed by atoms with Crippen LogP contribution in [0.5, 0.6) is 0 Å². The molecule has 0 aromatic heterocycles. The molecule has 3 amide bonds. The maximum atomic E-state index is 12.8. The zero-order chi connectivity index (χ0) is 25.0. The van der Waals surface area contributed by atoms with Gasteiger partial charge in [-0.25, -0.2) is 9.59 Å². The van der Waals surface area contributed by atoms with Crippen molar-refractivity contribution in [2.45, 2.75) is 58.3 Å². The van der Waals surface area contributed by atoms with Crippen LogP contribution in [0.4, 0.5) is 4.79 Å². The summed E-state index contributed by atoms with van der Waals surface area (Å²) in [5, 5.41) is 17.6. The monoisotopic (exact) mass is 471 g/mol. The number of hydrogen-bond acceptors (Lipinski definition) is 9. The zero-order valence-corrected chi connectivity index (χ0v) is 19.6. The van der Waals surface area contributed by atoms with Crippen LogP contribution in [-0.4, -0.2) is 78.5 Å². The molecule has 2 fully saturated rings. The number of fused-ring (bicyclic) bond motifs is 1. The van der Waals surface area contributed by atoms with E-state index >= 15 is 0 Å². The third-order valence-corrected chi connectivity index (χ3v) is 5.42. The van der Waals surface area contributed by atoms with Gasteiger partial charge in [-0.3, -0.25) is 14.4 Å². The van der Waals surface area contributed by atoms with E-state index in [4.69, 9.17) is 14.2 Å². The molecule has 1 unspecified atom stereocenters. The van der Waals surface area contributed by atoms with Crippen LogP contribution >= 0.6 is 0 Å². The Balaban J connectivity index is 1.97. The summed E-state index contributed by atoms with van der Waals surface area (Å²) in [5.41, 5.74) is -2.33. The van der Waals surface area contributed by atoms with Gasteiger partial charge in [0.1, 0.15) is 17.7 Å². The molecule has 2 saturated carbocycles. The highest BCUT2D eigenvalue weighted by Crippen LogP contribution is 2.63. The van der Waals surface area contributed by atoms with Crippen molar-refractivity contribution in [3.63, 3.8) is 0 Å². The van der Waals surface area contributed by atoms with Gasteiger partial charge in [0.05, 0.1) is 31.8 Å². The van der Waals surface area contributed by atoms with Crippen molar-refractivity contribution < 1.29 is 43.3 Å². The van der Waals surface area contributed by atoms with Crippen molar-refractivity contribution in [1.82, 2.24) is 16.0 Å². The third kappa shape index (κ3) is 6.34. The quantitative estimate of drug-likeness (QED) is 0.249. The van der Waals surface area contributed by atoms with Gasteiger partial charge in [-0.05, 0) is 34.6 Å². The average molecular weight is 472 g/mol. The Kier molecular flexibility index (Phi) is 8.28. The molecule has 12 heteroatoms. The minimum absolute atomic E-state index is 0.0427. The van der Waals surface area contributed by atoms with E-state index in [1.54, 1.807) is 34.6 Å². The minimum atomic E-state index is -1.60. The van der Waals surface area contributed by atoms with Crippen molar-refractivity contribution in [3.05, 3.63) is 0 Å². The molecule has 0 aliphatic heterocycles. The highest BCUT2D eigenvalue weighted by atomic mass is 16.6. The Morgan fingerprint density at radius 2 is 1.58 bits per heavy atom. The van der Waals surface area contributed by atoms with Crippen LogP contribution in [0.15, 0.2) is 0 Å². The second-order valence-electron chi connectivity index (χ2n) is 9.02. The lowest BCUT2D eigenvalue weighted by molar-refractivity contribution is -0.156. The van der Waals surface area contributed by atoms with Gasteiger partial charge in [-0.2, -0.15) is 0 Å². The molecule has 4 N–H and O–H groups in total. The maximum Gasteiger partial charge on any atom is 0.408 e. The van der Waals surface area contributed by atoms with Crippen molar-refractivity contribution in [2.24, 2.45) is 17.8 Å². The van der Waals surface area contributed by atoms with Gasteiger partial charge in [0.25, 0.3) is 0 Å². The number of amides is 3. The molecule has 2 rings (SSSR count). The molecule has 0 spiro atoms. The fourth-order valence-corrected chi connectivity index (χ4v) is 4.26. The van der Waals surface area contributed by atoms with Crippen LogP contribution in [-0.2, 0) is 33.4 Å². The number of alkyl carbamates (subject to hydrolysis) is 1. The SMILES string of the molecule is CCOC(=O)[C@H]1[C@H]2[C@@H]1C(NC(=O)CNC(=O)CNC(=O)OC(C)(C)C)(C(=O)OCC)C[C@@H]2O. The van der Waals surface area contributed by atoms with Gasteiger partial charge < -0.3 is 35.3 Å². The first kappa shape index (κ1) is 26.4. The third-order valence-electron chi connectivity index (χ3n) is 5.42. The molecular formula is C21H33N3O9. The van der Waals surface area contributed by atoms with E-state index in [9.17, 15) is 29.1 Å². The molecule has 5 atom stereocenters. The molecule has 2 aliphatic rings. The molecular weight excluding hydrogens is 438 g/mol. The van der Waals surface area contributed by atoms with Crippen LogP contribution in [0.3, 0.4) is 0 Å². The number of rotatable bonds is 9. The first-order valence-corrected chi connectivity index (χ1v) is 10.9. The summed E-state index contributed by atoms with van der Waals surface area (Å²) in [6.07, 6.45) is -1.90. The van der Waals surface area contributed by atoms with Crippen molar-refractivity contribution in [3.8, 4) is 0 Å². The number of esters is 2. The average Bonchev–Trinajstić information content (AvgIpc) is 3.39. The normalized spacial score (nSPS) is 27.6. The van der Waals surface area contributed by atoms with E-state index in [1.165, 1.54) is 0 Å². The summed E-state index contributed by atoms with van der Waals surface area (Å²) < 4.78 is 15.2. The summed E-state index contributed by atoms with van der Waals surface area (Å²) >= 11 is 0. The number of aliphatic hydroxyl groups is 1. The molecule has 0 saturated heterocycles. The molecule has 186 valence electrons. The van der Waals surface area contributed by atoms with E-state index in [1.807, 2.05) is 0 Å². The predicted octanol–water partition coefficient (Wildman–Crippen LogP) is -0.765. The summed E-state index contributed by atoms with van der Waals surface area (Å²) in [7, 11) is 0. The van der Waals surface area contributed by atoms with E-state index in [0.29, 0.717) is 0 Å². The molecule has 33 heavy (non-hydrogen) atoms. The van der Waals surface area contributed by atoms with Crippen molar-refractivity contribution >= 4 is 29.8 Å². The van der Waals surface area contributed by atoms with E-state index in [0.717, 1.165) is 0 Å². The molecule has 0 aromatic rings. The molecule has 2 aliphatic carbocycles. The zero-order valence-electron chi connectivity index (χ0n) is 19.6. The Labute approximate surface area is 192 Å². The highest BCUT2D eigenvalue weighted by Gasteiger charge is 2.76. The topological polar surface area (TPSA) is 169 Å². The fourth-order valence-electron chi connectivity index (χ4n) is 4.26. The minimum Gasteiger partial charge on any atom is -0.466 e. The lowest BCUT2D eigenvalue weighted by Crippen LogP contribution is -2.59. The summed E-state index contributed by atoms with van der Waals surface area (Å²) in [6.45, 7) is 7.55. The summed E-state index contributed by atoms with van der Waals surface area (Å²) in [4.78, 5) is 61.2. The second kappa shape index (κ2) is 10.4. The summed E-state index contributed by atoms with van der Waals surface area (Å²) in [5.74, 6) is -4.59. The first-order chi connectivity index (χ1) is 15.4. The van der Waals surface area contributed by atoms with Crippen LogP contribution in [0.25, 0.3) is 0 Å². The Morgan fingerprint density at radius 3 is 2.15 bits per heavy atom. The molecule has 0 aromatic carbocycles. The smallest absolute Gasteiger partial charge is 0.408 e.